The molecule has 2 unspecified atom stereocenters. The first kappa shape index (κ1) is 19.3. The smallest absolute Gasteiger partial charge is 0.222 e. The number of nitrogens with one attached hydrogen (secondary N) is 1. The second-order valence-corrected chi connectivity index (χ2v) is 7.31. The van der Waals surface area contributed by atoms with Crippen LogP contribution in [-0.4, -0.2) is 55.8 Å². The highest BCUT2D eigenvalue weighted by molar-refractivity contribution is 5.76. The number of ether oxygens (including phenoxy) is 2. The zero-order valence-corrected chi connectivity index (χ0v) is 16.0. The second-order valence-electron chi connectivity index (χ2n) is 7.31. The highest BCUT2D eigenvalue weighted by atomic mass is 16.5. The fourth-order valence-electron chi connectivity index (χ4n) is 4.14. The van der Waals surface area contributed by atoms with E-state index >= 15 is 0 Å². The summed E-state index contributed by atoms with van der Waals surface area (Å²) in [6, 6.07) is 10.8. The lowest BCUT2D eigenvalue weighted by molar-refractivity contribution is -0.141. The Bertz CT molecular complexity index is 558. The van der Waals surface area contributed by atoms with Crippen molar-refractivity contribution in [1.82, 2.24) is 10.2 Å². The Labute approximate surface area is 157 Å². The summed E-state index contributed by atoms with van der Waals surface area (Å²) in [6.45, 7) is 3.98. The van der Waals surface area contributed by atoms with Gasteiger partial charge in [0.25, 0.3) is 0 Å². The molecule has 26 heavy (non-hydrogen) atoms. The largest absolute Gasteiger partial charge is 0.374 e. The van der Waals surface area contributed by atoms with Gasteiger partial charge in [-0.15, -0.1) is 0 Å². The molecule has 2 aliphatic rings. The van der Waals surface area contributed by atoms with Crippen LogP contribution in [0.5, 0.6) is 0 Å². The normalized spacial score (nSPS) is 29.5. The van der Waals surface area contributed by atoms with E-state index in [1.165, 1.54) is 5.56 Å². The molecule has 3 rings (SSSR count). The molecule has 2 aliphatic heterocycles. The van der Waals surface area contributed by atoms with Crippen LogP contribution in [-0.2, 0) is 14.3 Å². The van der Waals surface area contributed by atoms with Crippen LogP contribution in [0.25, 0.3) is 0 Å². The van der Waals surface area contributed by atoms with Crippen LogP contribution >= 0.6 is 0 Å². The van der Waals surface area contributed by atoms with Gasteiger partial charge in [-0.3, -0.25) is 4.79 Å². The van der Waals surface area contributed by atoms with Gasteiger partial charge in [0.05, 0.1) is 31.5 Å². The SMILES string of the molecule is CCC(=O)N1CCCC(NC)C1CO[C@@H]1CC[C@H](c2ccccc2)OC1. The number of carbonyl (C=O) groups excluding carboxylic acids is 1. The zero-order valence-electron chi connectivity index (χ0n) is 16.0. The van der Waals surface area contributed by atoms with Gasteiger partial charge in [0.1, 0.15) is 0 Å². The lowest BCUT2D eigenvalue weighted by Crippen LogP contribution is -2.57. The van der Waals surface area contributed by atoms with Gasteiger partial charge in [-0.25, -0.2) is 0 Å². The predicted octanol–water partition coefficient (Wildman–Crippen LogP) is 2.91. The van der Waals surface area contributed by atoms with E-state index in [0.29, 0.717) is 25.7 Å². The molecule has 0 aromatic heterocycles. The van der Waals surface area contributed by atoms with Crippen LogP contribution in [0.1, 0.15) is 50.7 Å². The second kappa shape index (κ2) is 9.49. The molecule has 1 N–H and O–H groups in total. The minimum Gasteiger partial charge on any atom is -0.374 e. The molecule has 5 heteroatoms. The number of likely N-dealkylation sites (N-methyl/N-ethyl adjacent to an activating group) is 1. The van der Waals surface area contributed by atoms with Crippen LogP contribution in [0.15, 0.2) is 30.3 Å². The standard InChI is InChI=1S/C21H32N2O3/c1-3-21(24)23-13-7-10-18(22-2)19(23)15-25-17-11-12-20(26-14-17)16-8-5-4-6-9-16/h4-6,8-9,17-20,22H,3,7,10-15H2,1-2H3/t17-,18?,19?,20-/m1/s1. The summed E-state index contributed by atoms with van der Waals surface area (Å²) in [4.78, 5) is 14.3. The molecule has 2 heterocycles. The monoisotopic (exact) mass is 360 g/mol. The van der Waals surface area contributed by atoms with E-state index in [9.17, 15) is 4.79 Å². The van der Waals surface area contributed by atoms with Crippen LogP contribution < -0.4 is 5.32 Å². The molecule has 144 valence electrons. The fourth-order valence-corrected chi connectivity index (χ4v) is 4.14. The lowest BCUT2D eigenvalue weighted by atomic mass is 9.96. The lowest BCUT2D eigenvalue weighted by Gasteiger charge is -2.42. The summed E-state index contributed by atoms with van der Waals surface area (Å²) in [5, 5.41) is 3.37. The van der Waals surface area contributed by atoms with E-state index in [0.717, 1.165) is 32.2 Å². The van der Waals surface area contributed by atoms with Gasteiger partial charge in [-0.1, -0.05) is 37.3 Å². The summed E-state index contributed by atoms with van der Waals surface area (Å²) in [6.07, 6.45) is 4.97. The molecule has 5 nitrogen and oxygen atoms in total. The fraction of sp³-hybridized carbons (Fsp3) is 0.667. The van der Waals surface area contributed by atoms with E-state index in [1.54, 1.807) is 0 Å². The molecule has 0 saturated carbocycles. The topological polar surface area (TPSA) is 50.8 Å². The quantitative estimate of drug-likeness (QED) is 0.847. The van der Waals surface area contributed by atoms with E-state index < -0.39 is 0 Å². The number of likely N-dealkylation sites (tertiary alicyclic amines) is 1. The number of carbonyl (C=O) groups is 1. The summed E-state index contributed by atoms with van der Waals surface area (Å²) in [7, 11) is 1.98. The zero-order chi connectivity index (χ0) is 18.4. The van der Waals surface area contributed by atoms with Crippen molar-refractivity contribution in [2.45, 2.75) is 63.3 Å². The van der Waals surface area contributed by atoms with Crippen molar-refractivity contribution in [1.29, 1.82) is 0 Å². The number of benzene rings is 1. The van der Waals surface area contributed by atoms with Gasteiger partial charge >= 0.3 is 0 Å². The summed E-state index contributed by atoms with van der Waals surface area (Å²) >= 11 is 0. The van der Waals surface area contributed by atoms with Crippen LogP contribution in [0.4, 0.5) is 0 Å². The van der Waals surface area contributed by atoms with Crippen LogP contribution in [0.3, 0.4) is 0 Å². The molecule has 0 aliphatic carbocycles. The maximum absolute atomic E-state index is 12.3. The molecule has 1 aromatic carbocycles. The minimum absolute atomic E-state index is 0.118. The van der Waals surface area contributed by atoms with Crippen molar-refractivity contribution >= 4 is 5.91 Å². The van der Waals surface area contributed by atoms with E-state index in [4.69, 9.17) is 9.47 Å². The van der Waals surface area contributed by atoms with Crippen LogP contribution in [0, 0.1) is 0 Å². The summed E-state index contributed by atoms with van der Waals surface area (Å²) < 4.78 is 12.2. The Morgan fingerprint density at radius 1 is 1.27 bits per heavy atom. The molecular weight excluding hydrogens is 328 g/mol. The molecule has 0 bridgehead atoms. The Morgan fingerprint density at radius 2 is 2.08 bits per heavy atom. The van der Waals surface area contributed by atoms with Gasteiger partial charge in [0.15, 0.2) is 0 Å². The Hall–Kier alpha value is -1.43. The summed E-state index contributed by atoms with van der Waals surface area (Å²) in [5.41, 5.74) is 1.24. The average molecular weight is 360 g/mol. The van der Waals surface area contributed by atoms with Gasteiger partial charge in [-0.05, 0) is 38.3 Å². The van der Waals surface area contributed by atoms with E-state index in [-0.39, 0.29) is 24.2 Å². The highest BCUT2D eigenvalue weighted by Crippen LogP contribution is 2.29. The van der Waals surface area contributed by atoms with Crippen molar-refractivity contribution in [3.63, 3.8) is 0 Å². The Balaban J connectivity index is 1.51. The molecule has 0 spiro atoms. The van der Waals surface area contributed by atoms with Gasteiger partial charge in [0, 0.05) is 19.0 Å². The van der Waals surface area contributed by atoms with Gasteiger partial charge in [-0.2, -0.15) is 0 Å². The van der Waals surface area contributed by atoms with E-state index in [1.807, 2.05) is 24.9 Å². The number of nitrogens with zero attached hydrogens (tertiary/aromatic N) is 1. The van der Waals surface area contributed by atoms with Crippen molar-refractivity contribution in [2.24, 2.45) is 0 Å². The number of hydrogen-bond donors (Lipinski definition) is 1. The molecule has 0 radical (unpaired) electrons. The number of rotatable bonds is 6. The Kier molecular flexibility index (Phi) is 7.06. The molecule has 1 amide bonds. The number of amides is 1. The third kappa shape index (κ3) is 4.64. The Morgan fingerprint density at radius 3 is 2.73 bits per heavy atom. The number of piperidine rings is 1. The molecule has 2 fully saturated rings. The van der Waals surface area contributed by atoms with E-state index in [2.05, 4.69) is 29.6 Å². The average Bonchev–Trinajstić information content (AvgIpc) is 2.72. The van der Waals surface area contributed by atoms with Crippen LogP contribution in [0.2, 0.25) is 0 Å². The first-order chi connectivity index (χ1) is 12.7. The van der Waals surface area contributed by atoms with Crippen molar-refractivity contribution in [2.75, 3.05) is 26.8 Å². The van der Waals surface area contributed by atoms with Gasteiger partial charge < -0.3 is 19.7 Å². The molecule has 1 aromatic rings. The molecular formula is C21H32N2O3. The van der Waals surface area contributed by atoms with Crippen molar-refractivity contribution in [3.05, 3.63) is 35.9 Å². The summed E-state index contributed by atoms with van der Waals surface area (Å²) in [5.74, 6) is 0.225. The van der Waals surface area contributed by atoms with Gasteiger partial charge in [0.2, 0.25) is 5.91 Å². The molecule has 4 atom stereocenters. The van der Waals surface area contributed by atoms with Crippen molar-refractivity contribution in [3.8, 4) is 0 Å². The highest BCUT2D eigenvalue weighted by Gasteiger charge is 2.34. The first-order valence-electron chi connectivity index (χ1n) is 9.97. The maximum atomic E-state index is 12.3. The third-order valence-corrected chi connectivity index (χ3v) is 5.68. The minimum atomic E-state index is 0.118. The van der Waals surface area contributed by atoms with Crippen molar-refractivity contribution < 1.29 is 14.3 Å². The number of hydrogen-bond acceptors (Lipinski definition) is 4. The third-order valence-electron chi connectivity index (χ3n) is 5.68. The maximum Gasteiger partial charge on any atom is 0.222 e. The predicted molar refractivity (Wildman–Crippen MR) is 102 cm³/mol. The molecule has 2 saturated heterocycles. The first-order valence-corrected chi connectivity index (χ1v) is 9.97.